The third-order valence-electron chi connectivity index (χ3n) is 1.63. The van der Waals surface area contributed by atoms with Crippen molar-refractivity contribution in [2.75, 3.05) is 0 Å². The van der Waals surface area contributed by atoms with E-state index in [0.717, 1.165) is 6.20 Å². The fourth-order valence-electron chi connectivity index (χ4n) is 0.988. The predicted molar refractivity (Wildman–Crippen MR) is 47.9 cm³/mol. The lowest BCUT2D eigenvalue weighted by Gasteiger charge is -2.19. The van der Waals surface area contributed by atoms with Gasteiger partial charge in [0.15, 0.2) is 0 Å². The summed E-state index contributed by atoms with van der Waals surface area (Å²) < 4.78 is 13.1. The van der Waals surface area contributed by atoms with Gasteiger partial charge in [-0.3, -0.25) is 0 Å². The maximum absolute atomic E-state index is 13.1. The standard InChI is InChI=1S/C9H11ClFN/c1-9(2,3)6-4-8(10)12-5-7(6)11/h4-5H,1-3H3. The molecular formula is C9H11ClFN. The summed E-state index contributed by atoms with van der Waals surface area (Å²) in [5.41, 5.74) is 0.374. The van der Waals surface area contributed by atoms with Gasteiger partial charge in [-0.2, -0.15) is 0 Å². The predicted octanol–water partition coefficient (Wildman–Crippen LogP) is 3.17. The van der Waals surface area contributed by atoms with Gasteiger partial charge < -0.3 is 0 Å². The molecule has 0 aromatic carbocycles. The monoisotopic (exact) mass is 187 g/mol. The van der Waals surface area contributed by atoms with Gasteiger partial charge >= 0.3 is 0 Å². The van der Waals surface area contributed by atoms with Crippen LogP contribution in [-0.2, 0) is 5.41 Å². The van der Waals surface area contributed by atoms with Gasteiger partial charge in [-0.05, 0) is 17.0 Å². The van der Waals surface area contributed by atoms with Crippen molar-refractivity contribution in [2.45, 2.75) is 26.2 Å². The fourth-order valence-corrected chi connectivity index (χ4v) is 1.15. The lowest BCUT2D eigenvalue weighted by atomic mass is 9.87. The lowest BCUT2D eigenvalue weighted by Crippen LogP contribution is -2.13. The van der Waals surface area contributed by atoms with Gasteiger partial charge in [-0.15, -0.1) is 0 Å². The summed E-state index contributed by atoms with van der Waals surface area (Å²) in [6, 6.07) is 1.57. The van der Waals surface area contributed by atoms with Crippen molar-refractivity contribution in [3.8, 4) is 0 Å². The Balaban J connectivity index is 3.23. The van der Waals surface area contributed by atoms with Crippen molar-refractivity contribution in [2.24, 2.45) is 0 Å². The molecule has 66 valence electrons. The minimum Gasteiger partial charge on any atom is -0.242 e. The van der Waals surface area contributed by atoms with E-state index in [4.69, 9.17) is 11.6 Å². The van der Waals surface area contributed by atoms with Crippen molar-refractivity contribution < 1.29 is 4.39 Å². The largest absolute Gasteiger partial charge is 0.242 e. The molecule has 1 heterocycles. The first-order chi connectivity index (χ1) is 5.41. The number of hydrogen-bond donors (Lipinski definition) is 0. The van der Waals surface area contributed by atoms with Crippen LogP contribution >= 0.6 is 11.6 Å². The highest BCUT2D eigenvalue weighted by Gasteiger charge is 2.18. The van der Waals surface area contributed by atoms with E-state index in [0.29, 0.717) is 10.7 Å². The third kappa shape index (κ3) is 1.95. The summed E-state index contributed by atoms with van der Waals surface area (Å²) >= 11 is 5.65. The van der Waals surface area contributed by atoms with Crippen LogP contribution in [0.15, 0.2) is 12.3 Å². The molecule has 0 bridgehead atoms. The Bertz CT molecular complexity index is 291. The Labute approximate surface area is 76.6 Å². The number of rotatable bonds is 0. The molecule has 1 rings (SSSR count). The summed E-state index contributed by atoms with van der Waals surface area (Å²) in [5.74, 6) is -0.299. The number of nitrogens with zero attached hydrogens (tertiary/aromatic N) is 1. The average Bonchev–Trinajstić information content (AvgIpc) is 1.92. The maximum atomic E-state index is 13.1. The van der Waals surface area contributed by atoms with E-state index in [2.05, 4.69) is 4.98 Å². The molecule has 0 atom stereocenters. The number of halogens is 2. The zero-order chi connectivity index (χ0) is 9.35. The van der Waals surface area contributed by atoms with Gasteiger partial charge in [0.05, 0.1) is 6.20 Å². The van der Waals surface area contributed by atoms with Crippen LogP contribution in [-0.4, -0.2) is 4.98 Å². The lowest BCUT2D eigenvalue weighted by molar-refractivity contribution is 0.519. The molecule has 12 heavy (non-hydrogen) atoms. The number of aromatic nitrogens is 1. The van der Waals surface area contributed by atoms with Crippen LogP contribution in [0.25, 0.3) is 0 Å². The van der Waals surface area contributed by atoms with Crippen molar-refractivity contribution >= 4 is 11.6 Å². The topological polar surface area (TPSA) is 12.9 Å². The fraction of sp³-hybridized carbons (Fsp3) is 0.444. The van der Waals surface area contributed by atoms with Crippen LogP contribution in [0.3, 0.4) is 0 Å². The van der Waals surface area contributed by atoms with Crippen molar-refractivity contribution in [1.29, 1.82) is 0 Å². The van der Waals surface area contributed by atoms with E-state index >= 15 is 0 Å². The SMILES string of the molecule is CC(C)(C)c1cc(Cl)ncc1F. The van der Waals surface area contributed by atoms with Crippen LogP contribution < -0.4 is 0 Å². The first-order valence-electron chi connectivity index (χ1n) is 3.73. The first kappa shape index (κ1) is 9.46. The van der Waals surface area contributed by atoms with Crippen LogP contribution in [0.5, 0.6) is 0 Å². The summed E-state index contributed by atoms with van der Waals surface area (Å²) in [6.07, 6.45) is 1.16. The molecular weight excluding hydrogens is 177 g/mol. The van der Waals surface area contributed by atoms with Crippen molar-refractivity contribution in [3.05, 3.63) is 28.8 Å². The van der Waals surface area contributed by atoms with Crippen LogP contribution in [0.2, 0.25) is 5.15 Å². The molecule has 0 saturated heterocycles. The van der Waals surface area contributed by atoms with E-state index in [-0.39, 0.29) is 11.2 Å². The molecule has 1 aromatic heterocycles. The zero-order valence-electron chi connectivity index (χ0n) is 7.36. The molecule has 0 aliphatic carbocycles. The van der Waals surface area contributed by atoms with Crippen LogP contribution in [0.4, 0.5) is 4.39 Å². The molecule has 0 aliphatic rings. The first-order valence-corrected chi connectivity index (χ1v) is 4.10. The summed E-state index contributed by atoms with van der Waals surface area (Å²) in [7, 11) is 0. The smallest absolute Gasteiger partial charge is 0.145 e. The van der Waals surface area contributed by atoms with E-state index in [1.807, 2.05) is 20.8 Å². The summed E-state index contributed by atoms with van der Waals surface area (Å²) in [6.45, 7) is 5.80. The van der Waals surface area contributed by atoms with Crippen molar-refractivity contribution in [1.82, 2.24) is 4.98 Å². The normalized spacial score (nSPS) is 11.8. The molecule has 0 N–H and O–H groups in total. The third-order valence-corrected chi connectivity index (χ3v) is 1.84. The number of pyridine rings is 1. The zero-order valence-corrected chi connectivity index (χ0v) is 8.11. The van der Waals surface area contributed by atoms with Gasteiger partial charge in [0.25, 0.3) is 0 Å². The molecule has 0 unspecified atom stereocenters. The highest BCUT2D eigenvalue weighted by molar-refractivity contribution is 6.29. The van der Waals surface area contributed by atoms with Gasteiger partial charge in [0.1, 0.15) is 11.0 Å². The van der Waals surface area contributed by atoms with E-state index in [9.17, 15) is 4.39 Å². The highest BCUT2D eigenvalue weighted by Crippen LogP contribution is 2.25. The Morgan fingerprint density at radius 3 is 2.42 bits per heavy atom. The van der Waals surface area contributed by atoms with E-state index in [1.165, 1.54) is 0 Å². The molecule has 0 saturated carbocycles. The highest BCUT2D eigenvalue weighted by atomic mass is 35.5. The minimum absolute atomic E-state index is 0.226. The van der Waals surface area contributed by atoms with Crippen LogP contribution in [0, 0.1) is 5.82 Å². The molecule has 0 aliphatic heterocycles. The molecule has 0 radical (unpaired) electrons. The minimum atomic E-state index is -0.299. The van der Waals surface area contributed by atoms with Gasteiger partial charge in [0.2, 0.25) is 0 Å². The summed E-state index contributed by atoms with van der Waals surface area (Å²) in [4.78, 5) is 3.64. The molecule has 0 fully saturated rings. The van der Waals surface area contributed by atoms with Crippen molar-refractivity contribution in [3.63, 3.8) is 0 Å². The molecule has 1 aromatic rings. The second-order valence-electron chi connectivity index (χ2n) is 3.74. The number of hydrogen-bond acceptors (Lipinski definition) is 1. The molecule has 0 amide bonds. The van der Waals surface area contributed by atoms with Gasteiger partial charge in [-0.25, -0.2) is 9.37 Å². The summed E-state index contributed by atoms with van der Waals surface area (Å²) in [5, 5.41) is 0.335. The second-order valence-corrected chi connectivity index (χ2v) is 4.12. The van der Waals surface area contributed by atoms with Gasteiger partial charge in [0, 0.05) is 0 Å². The van der Waals surface area contributed by atoms with Gasteiger partial charge in [-0.1, -0.05) is 32.4 Å². The molecule has 0 spiro atoms. The Kier molecular flexibility index (Phi) is 2.38. The quantitative estimate of drug-likeness (QED) is 0.569. The van der Waals surface area contributed by atoms with E-state index in [1.54, 1.807) is 6.07 Å². The average molecular weight is 188 g/mol. The molecule has 3 heteroatoms. The Morgan fingerprint density at radius 2 is 2.00 bits per heavy atom. The molecule has 1 nitrogen and oxygen atoms in total. The second kappa shape index (κ2) is 3.02. The Morgan fingerprint density at radius 1 is 1.42 bits per heavy atom. The van der Waals surface area contributed by atoms with Crippen LogP contribution in [0.1, 0.15) is 26.3 Å². The van der Waals surface area contributed by atoms with E-state index < -0.39 is 0 Å². The maximum Gasteiger partial charge on any atom is 0.145 e. The Hall–Kier alpha value is -0.630.